The van der Waals surface area contributed by atoms with E-state index in [9.17, 15) is 14.3 Å². The number of rotatable bonds is 6. The lowest BCUT2D eigenvalue weighted by Gasteiger charge is -2.10. The maximum absolute atomic E-state index is 13.0. The molecule has 5 nitrogen and oxygen atoms in total. The van der Waals surface area contributed by atoms with Crippen molar-refractivity contribution in [2.45, 2.75) is 13.5 Å². The van der Waals surface area contributed by atoms with Gasteiger partial charge in [0.25, 0.3) is 0 Å². The third-order valence-electron chi connectivity index (χ3n) is 2.95. The van der Waals surface area contributed by atoms with Gasteiger partial charge in [-0.3, -0.25) is 9.78 Å². The Balaban J connectivity index is 2.05. The summed E-state index contributed by atoms with van der Waals surface area (Å²) in [5.41, 5.74) is 1.61. The molecule has 1 amide bonds. The van der Waals surface area contributed by atoms with Crippen LogP contribution < -0.4 is 10.1 Å². The number of aliphatic hydroxyl groups excluding tert-OH is 1. The van der Waals surface area contributed by atoms with Crippen LogP contribution in [0.5, 0.6) is 5.75 Å². The van der Waals surface area contributed by atoms with Gasteiger partial charge < -0.3 is 15.2 Å². The molecule has 0 fully saturated rings. The Kier molecular flexibility index (Phi) is 5.82. The summed E-state index contributed by atoms with van der Waals surface area (Å²) in [5, 5.41) is 12.0. The van der Waals surface area contributed by atoms with Crippen LogP contribution >= 0.6 is 0 Å². The van der Waals surface area contributed by atoms with Gasteiger partial charge in [-0.1, -0.05) is 0 Å². The number of halogens is 1. The Morgan fingerprint density at radius 1 is 1.39 bits per heavy atom. The van der Waals surface area contributed by atoms with Gasteiger partial charge in [0.05, 0.1) is 19.4 Å². The molecule has 2 N–H and O–H groups in total. The second kappa shape index (κ2) is 8.05. The van der Waals surface area contributed by atoms with Gasteiger partial charge in [-0.25, -0.2) is 4.39 Å². The number of aliphatic hydroxyl groups is 1. The lowest BCUT2D eigenvalue weighted by molar-refractivity contribution is -0.111. The van der Waals surface area contributed by atoms with Crippen molar-refractivity contribution in [3.8, 4) is 5.75 Å². The first kappa shape index (κ1) is 16.6. The van der Waals surface area contributed by atoms with Gasteiger partial charge in [0.1, 0.15) is 11.6 Å². The van der Waals surface area contributed by atoms with E-state index < -0.39 is 5.82 Å². The highest BCUT2D eigenvalue weighted by Crippen LogP contribution is 2.23. The molecule has 2 rings (SSSR count). The highest BCUT2D eigenvalue weighted by Gasteiger charge is 2.05. The zero-order chi connectivity index (χ0) is 16.7. The Bertz CT molecular complexity index is 717. The number of anilines is 1. The van der Waals surface area contributed by atoms with Crippen LogP contribution in [-0.2, 0) is 11.4 Å². The molecular formula is C17H17FN2O3. The molecule has 0 atom stereocenters. The molecule has 0 saturated carbocycles. The van der Waals surface area contributed by atoms with E-state index in [1.807, 2.05) is 6.92 Å². The lowest BCUT2D eigenvalue weighted by Crippen LogP contribution is -2.08. The Hall–Kier alpha value is -2.73. The fraction of sp³-hybridized carbons (Fsp3) is 0.176. The van der Waals surface area contributed by atoms with Crippen LogP contribution in [0.15, 0.2) is 42.7 Å². The number of nitrogens with zero attached hydrogens (tertiary/aromatic N) is 1. The van der Waals surface area contributed by atoms with Gasteiger partial charge >= 0.3 is 0 Å². The second-order valence-electron chi connectivity index (χ2n) is 4.67. The maximum Gasteiger partial charge on any atom is 0.248 e. The van der Waals surface area contributed by atoms with Crippen molar-refractivity contribution < 1.29 is 19.0 Å². The number of hydrogen-bond donors (Lipinski definition) is 2. The van der Waals surface area contributed by atoms with Crippen molar-refractivity contribution in [3.63, 3.8) is 0 Å². The predicted octanol–water partition coefficient (Wildman–Crippen LogP) is 2.76. The SMILES string of the molecule is CCOc1ccc(NC(=O)/C=C/c2cncc(F)c2)cc1CO. The number of aromatic nitrogens is 1. The van der Waals surface area contributed by atoms with Gasteiger partial charge in [-0.05, 0) is 42.8 Å². The van der Waals surface area contributed by atoms with Crippen LogP contribution in [0.4, 0.5) is 10.1 Å². The number of ether oxygens (including phenoxy) is 1. The van der Waals surface area contributed by atoms with Gasteiger partial charge in [0.2, 0.25) is 5.91 Å². The molecule has 2 aromatic rings. The summed E-state index contributed by atoms with van der Waals surface area (Å²) in [6.45, 7) is 2.15. The van der Waals surface area contributed by atoms with Crippen LogP contribution in [0.25, 0.3) is 6.08 Å². The molecule has 0 aliphatic carbocycles. The number of carbonyl (C=O) groups is 1. The summed E-state index contributed by atoms with van der Waals surface area (Å²) < 4.78 is 18.4. The first-order valence-corrected chi connectivity index (χ1v) is 7.08. The van der Waals surface area contributed by atoms with E-state index in [-0.39, 0.29) is 12.5 Å². The molecule has 0 unspecified atom stereocenters. The molecule has 0 saturated heterocycles. The summed E-state index contributed by atoms with van der Waals surface area (Å²) in [4.78, 5) is 15.6. The van der Waals surface area contributed by atoms with E-state index in [1.165, 1.54) is 24.4 Å². The second-order valence-corrected chi connectivity index (χ2v) is 4.67. The van der Waals surface area contributed by atoms with Crippen LogP contribution in [0.2, 0.25) is 0 Å². The molecule has 6 heteroatoms. The lowest BCUT2D eigenvalue weighted by atomic mass is 10.2. The van der Waals surface area contributed by atoms with Crippen LogP contribution in [-0.4, -0.2) is 22.6 Å². The molecule has 1 aromatic carbocycles. The van der Waals surface area contributed by atoms with Crippen molar-refractivity contribution in [3.05, 3.63) is 59.7 Å². The van der Waals surface area contributed by atoms with Crippen molar-refractivity contribution in [1.82, 2.24) is 4.98 Å². The predicted molar refractivity (Wildman–Crippen MR) is 85.4 cm³/mol. The minimum atomic E-state index is -0.466. The quantitative estimate of drug-likeness (QED) is 0.804. The van der Waals surface area contributed by atoms with Crippen molar-refractivity contribution in [1.29, 1.82) is 0 Å². The molecular weight excluding hydrogens is 299 g/mol. The van der Waals surface area contributed by atoms with Crippen molar-refractivity contribution in [2.24, 2.45) is 0 Å². The molecule has 0 spiro atoms. The fourth-order valence-electron chi connectivity index (χ4n) is 1.95. The summed E-state index contributed by atoms with van der Waals surface area (Å²) in [7, 11) is 0. The monoisotopic (exact) mass is 316 g/mol. The fourth-order valence-corrected chi connectivity index (χ4v) is 1.95. The smallest absolute Gasteiger partial charge is 0.248 e. The van der Waals surface area contributed by atoms with E-state index >= 15 is 0 Å². The zero-order valence-corrected chi connectivity index (χ0v) is 12.6. The average Bonchev–Trinajstić information content (AvgIpc) is 2.54. The van der Waals surface area contributed by atoms with Gasteiger partial charge in [-0.2, -0.15) is 0 Å². The van der Waals surface area contributed by atoms with Gasteiger partial charge in [0, 0.05) is 23.5 Å². The van der Waals surface area contributed by atoms with Gasteiger partial charge in [0.15, 0.2) is 0 Å². The first-order valence-electron chi connectivity index (χ1n) is 7.08. The van der Waals surface area contributed by atoms with E-state index in [0.29, 0.717) is 29.2 Å². The molecule has 0 aliphatic rings. The van der Waals surface area contributed by atoms with E-state index in [0.717, 1.165) is 6.20 Å². The highest BCUT2D eigenvalue weighted by molar-refractivity contribution is 6.02. The molecule has 0 radical (unpaired) electrons. The molecule has 0 bridgehead atoms. The number of amides is 1. The van der Waals surface area contributed by atoms with Crippen molar-refractivity contribution in [2.75, 3.05) is 11.9 Å². The number of carbonyl (C=O) groups excluding carboxylic acids is 1. The minimum Gasteiger partial charge on any atom is -0.494 e. The Morgan fingerprint density at radius 3 is 2.91 bits per heavy atom. The number of pyridine rings is 1. The number of nitrogens with one attached hydrogen (secondary N) is 1. The summed E-state index contributed by atoms with van der Waals surface area (Å²) in [5.74, 6) is -0.261. The largest absolute Gasteiger partial charge is 0.494 e. The topological polar surface area (TPSA) is 71.5 Å². The van der Waals surface area contributed by atoms with Crippen LogP contribution in [0, 0.1) is 5.82 Å². The molecule has 0 aliphatic heterocycles. The summed E-state index contributed by atoms with van der Waals surface area (Å²) in [6, 6.07) is 6.28. The normalized spacial score (nSPS) is 10.7. The third kappa shape index (κ3) is 4.89. The van der Waals surface area contributed by atoms with E-state index in [2.05, 4.69) is 10.3 Å². The van der Waals surface area contributed by atoms with E-state index in [4.69, 9.17) is 4.74 Å². The van der Waals surface area contributed by atoms with Crippen LogP contribution in [0.3, 0.4) is 0 Å². The summed E-state index contributed by atoms with van der Waals surface area (Å²) in [6.07, 6.45) is 5.29. The Morgan fingerprint density at radius 2 is 2.22 bits per heavy atom. The Labute approximate surface area is 133 Å². The summed E-state index contributed by atoms with van der Waals surface area (Å²) >= 11 is 0. The standard InChI is InChI=1S/C17H17FN2O3/c1-2-23-16-5-4-15(8-13(16)11-21)20-17(22)6-3-12-7-14(18)10-19-9-12/h3-10,21H,2,11H2,1H3,(H,20,22)/b6-3+. The van der Waals surface area contributed by atoms with Gasteiger partial charge in [-0.15, -0.1) is 0 Å². The molecule has 120 valence electrons. The molecule has 1 heterocycles. The minimum absolute atomic E-state index is 0.191. The third-order valence-corrected chi connectivity index (χ3v) is 2.95. The zero-order valence-electron chi connectivity index (χ0n) is 12.6. The first-order chi connectivity index (χ1) is 11.1. The maximum atomic E-state index is 13.0. The average molecular weight is 316 g/mol. The molecule has 1 aromatic heterocycles. The molecule has 23 heavy (non-hydrogen) atoms. The highest BCUT2D eigenvalue weighted by atomic mass is 19.1. The van der Waals surface area contributed by atoms with Crippen LogP contribution in [0.1, 0.15) is 18.1 Å². The van der Waals surface area contributed by atoms with E-state index in [1.54, 1.807) is 18.2 Å². The number of hydrogen-bond acceptors (Lipinski definition) is 4. The van der Waals surface area contributed by atoms with Crippen molar-refractivity contribution >= 4 is 17.7 Å². The number of benzene rings is 1.